The molecule has 3 rings (SSSR count). The van der Waals surface area contributed by atoms with E-state index in [1.165, 1.54) is 24.8 Å². The van der Waals surface area contributed by atoms with E-state index in [-0.39, 0.29) is 5.91 Å². The van der Waals surface area contributed by atoms with Gasteiger partial charge in [-0.25, -0.2) is 0 Å². The van der Waals surface area contributed by atoms with Crippen LogP contribution in [0.15, 0.2) is 24.4 Å². The van der Waals surface area contributed by atoms with Crippen LogP contribution >= 0.6 is 0 Å². The first-order valence-corrected chi connectivity index (χ1v) is 9.39. The lowest BCUT2D eigenvalue weighted by molar-refractivity contribution is -0.122. The molecule has 1 aliphatic rings. The van der Waals surface area contributed by atoms with Gasteiger partial charge in [0.15, 0.2) is 0 Å². The molecular weight excluding hydrogens is 312 g/mol. The fraction of sp³-hybridized carbons (Fsp3) is 0.600. The van der Waals surface area contributed by atoms with Crippen molar-refractivity contribution in [3.05, 3.63) is 30.0 Å². The molecule has 1 saturated carbocycles. The van der Waals surface area contributed by atoms with Crippen molar-refractivity contribution in [1.29, 1.82) is 0 Å². The quantitative estimate of drug-likeness (QED) is 0.878. The van der Waals surface area contributed by atoms with E-state index in [4.69, 9.17) is 0 Å². The lowest BCUT2D eigenvalue weighted by Gasteiger charge is -2.34. The molecule has 0 bridgehead atoms. The molecule has 1 aliphatic carbocycles. The number of fused-ring (bicyclic) bond motifs is 1. The van der Waals surface area contributed by atoms with Gasteiger partial charge in [0.25, 0.3) is 0 Å². The highest BCUT2D eigenvalue weighted by Gasteiger charge is 2.26. The van der Waals surface area contributed by atoms with Crippen LogP contribution in [0.2, 0.25) is 0 Å². The van der Waals surface area contributed by atoms with Gasteiger partial charge in [0, 0.05) is 24.4 Å². The number of benzene rings is 1. The molecule has 1 heterocycles. The van der Waals surface area contributed by atoms with Crippen LogP contribution in [0.5, 0.6) is 0 Å². The Kier molecular flexibility index (Phi) is 5.74. The molecule has 5 nitrogen and oxygen atoms in total. The summed E-state index contributed by atoms with van der Waals surface area (Å²) >= 11 is 0. The van der Waals surface area contributed by atoms with Crippen molar-refractivity contribution >= 4 is 16.8 Å². The molecule has 0 radical (unpaired) electrons. The number of amides is 1. The number of aryl methyl sites for hydroxylation is 2. The molecule has 1 aromatic carbocycles. The molecule has 2 unspecified atom stereocenters. The zero-order valence-corrected chi connectivity index (χ0v) is 15.7. The molecule has 2 aromatic rings. The summed E-state index contributed by atoms with van der Waals surface area (Å²) in [4.78, 5) is 14.7. The number of hydrogen-bond acceptors (Lipinski definition) is 3. The molecule has 1 N–H and O–H groups in total. The SMILES string of the molecule is Cc1ccc2cnn(CCC(=O)NC3CCCCC3CN(C)C)c2c1. The third-order valence-electron chi connectivity index (χ3n) is 5.21. The van der Waals surface area contributed by atoms with Crippen LogP contribution in [0.4, 0.5) is 0 Å². The van der Waals surface area contributed by atoms with E-state index < -0.39 is 0 Å². The molecule has 0 spiro atoms. The number of aromatic nitrogens is 2. The minimum absolute atomic E-state index is 0.145. The molecule has 5 heteroatoms. The number of carbonyl (C=O) groups is 1. The Balaban J connectivity index is 1.57. The lowest BCUT2D eigenvalue weighted by atomic mass is 9.84. The molecule has 1 amide bonds. The average Bonchev–Trinajstić information content (AvgIpc) is 2.96. The maximum atomic E-state index is 12.5. The summed E-state index contributed by atoms with van der Waals surface area (Å²) in [6.07, 6.45) is 7.18. The zero-order chi connectivity index (χ0) is 17.8. The Bertz CT molecular complexity index is 722. The second-order valence-corrected chi connectivity index (χ2v) is 7.66. The van der Waals surface area contributed by atoms with Crippen molar-refractivity contribution in [2.75, 3.05) is 20.6 Å². The van der Waals surface area contributed by atoms with Crippen molar-refractivity contribution in [3.8, 4) is 0 Å². The van der Waals surface area contributed by atoms with Gasteiger partial charge in [-0.3, -0.25) is 9.48 Å². The van der Waals surface area contributed by atoms with Gasteiger partial charge < -0.3 is 10.2 Å². The number of hydrogen-bond donors (Lipinski definition) is 1. The van der Waals surface area contributed by atoms with E-state index in [0.717, 1.165) is 23.9 Å². The maximum Gasteiger partial charge on any atom is 0.222 e. The van der Waals surface area contributed by atoms with Crippen molar-refractivity contribution in [1.82, 2.24) is 20.0 Å². The minimum atomic E-state index is 0.145. The van der Waals surface area contributed by atoms with Crippen LogP contribution in [0.1, 0.15) is 37.7 Å². The monoisotopic (exact) mass is 342 g/mol. The summed E-state index contributed by atoms with van der Waals surface area (Å²) in [6.45, 7) is 3.76. The van der Waals surface area contributed by atoms with E-state index in [9.17, 15) is 4.79 Å². The van der Waals surface area contributed by atoms with Gasteiger partial charge in [-0.15, -0.1) is 0 Å². The van der Waals surface area contributed by atoms with Crippen molar-refractivity contribution in [2.45, 2.75) is 51.6 Å². The summed E-state index contributed by atoms with van der Waals surface area (Å²) in [7, 11) is 4.22. The normalized spacial score (nSPS) is 21.0. The highest BCUT2D eigenvalue weighted by atomic mass is 16.1. The molecule has 136 valence electrons. The van der Waals surface area contributed by atoms with Gasteiger partial charge in [0.2, 0.25) is 5.91 Å². The highest BCUT2D eigenvalue weighted by molar-refractivity contribution is 5.80. The molecule has 0 aliphatic heterocycles. The van der Waals surface area contributed by atoms with Crippen LogP contribution in [0, 0.1) is 12.8 Å². The number of nitrogens with zero attached hydrogens (tertiary/aromatic N) is 3. The fourth-order valence-corrected chi connectivity index (χ4v) is 3.93. The second kappa shape index (κ2) is 8.00. The number of nitrogens with one attached hydrogen (secondary N) is 1. The van der Waals surface area contributed by atoms with E-state index in [0.29, 0.717) is 24.9 Å². The fourth-order valence-electron chi connectivity index (χ4n) is 3.93. The van der Waals surface area contributed by atoms with Gasteiger partial charge in [0.1, 0.15) is 0 Å². The predicted molar refractivity (Wildman–Crippen MR) is 102 cm³/mol. The van der Waals surface area contributed by atoms with E-state index in [1.807, 2.05) is 10.9 Å². The Hall–Kier alpha value is -1.88. The minimum Gasteiger partial charge on any atom is -0.353 e. The zero-order valence-electron chi connectivity index (χ0n) is 15.7. The summed E-state index contributed by atoms with van der Waals surface area (Å²) < 4.78 is 1.94. The van der Waals surface area contributed by atoms with Gasteiger partial charge in [-0.05, 0) is 51.4 Å². The van der Waals surface area contributed by atoms with Crippen LogP contribution in [0.3, 0.4) is 0 Å². The Morgan fingerprint density at radius 2 is 2.12 bits per heavy atom. The van der Waals surface area contributed by atoms with Crippen LogP contribution in [0.25, 0.3) is 10.9 Å². The maximum absolute atomic E-state index is 12.5. The molecule has 25 heavy (non-hydrogen) atoms. The first-order valence-electron chi connectivity index (χ1n) is 9.39. The second-order valence-electron chi connectivity index (χ2n) is 7.66. The molecular formula is C20H30N4O. The summed E-state index contributed by atoms with van der Waals surface area (Å²) in [5.41, 5.74) is 2.32. The Morgan fingerprint density at radius 3 is 2.92 bits per heavy atom. The van der Waals surface area contributed by atoms with Crippen molar-refractivity contribution in [2.24, 2.45) is 5.92 Å². The third kappa shape index (κ3) is 4.60. The molecule has 0 saturated heterocycles. The van der Waals surface area contributed by atoms with E-state index in [1.54, 1.807) is 0 Å². The van der Waals surface area contributed by atoms with Gasteiger partial charge in [-0.2, -0.15) is 5.10 Å². The third-order valence-corrected chi connectivity index (χ3v) is 5.21. The highest BCUT2D eigenvalue weighted by Crippen LogP contribution is 2.25. The predicted octanol–water partition coefficient (Wildman–Crippen LogP) is 2.97. The number of rotatable bonds is 6. The largest absolute Gasteiger partial charge is 0.353 e. The van der Waals surface area contributed by atoms with Crippen molar-refractivity contribution in [3.63, 3.8) is 0 Å². The summed E-state index contributed by atoms with van der Waals surface area (Å²) in [5.74, 6) is 0.716. The van der Waals surface area contributed by atoms with E-state index >= 15 is 0 Å². The standard InChI is InChI=1S/C20H30N4O/c1-15-8-9-16-13-21-24(19(16)12-15)11-10-20(25)22-18-7-5-4-6-17(18)14-23(2)3/h8-9,12-13,17-18H,4-7,10-11,14H2,1-3H3,(H,22,25). The Labute approximate surface area is 150 Å². The van der Waals surface area contributed by atoms with Gasteiger partial charge in [0.05, 0.1) is 18.3 Å². The number of carbonyl (C=O) groups excluding carboxylic acids is 1. The van der Waals surface area contributed by atoms with E-state index in [2.05, 4.69) is 54.5 Å². The lowest BCUT2D eigenvalue weighted by Crippen LogP contribution is -2.45. The average molecular weight is 342 g/mol. The summed E-state index contributed by atoms with van der Waals surface area (Å²) in [6, 6.07) is 6.63. The first-order chi connectivity index (χ1) is 12.0. The van der Waals surface area contributed by atoms with Crippen LogP contribution in [-0.2, 0) is 11.3 Å². The van der Waals surface area contributed by atoms with Gasteiger partial charge in [-0.1, -0.05) is 25.0 Å². The van der Waals surface area contributed by atoms with Crippen LogP contribution in [-0.4, -0.2) is 47.3 Å². The van der Waals surface area contributed by atoms with Crippen molar-refractivity contribution < 1.29 is 4.79 Å². The van der Waals surface area contributed by atoms with Crippen LogP contribution < -0.4 is 5.32 Å². The van der Waals surface area contributed by atoms with Gasteiger partial charge >= 0.3 is 0 Å². The smallest absolute Gasteiger partial charge is 0.222 e. The Morgan fingerprint density at radius 1 is 1.32 bits per heavy atom. The molecule has 2 atom stereocenters. The first kappa shape index (κ1) is 17.9. The molecule has 1 aromatic heterocycles. The topological polar surface area (TPSA) is 50.2 Å². The summed E-state index contributed by atoms with van der Waals surface area (Å²) in [5, 5.41) is 8.86. The molecule has 1 fully saturated rings.